The molecular weight excluding hydrogens is 1780 g/mol. The number of hydrogen-bond donors (Lipinski definition) is 24. The summed E-state index contributed by atoms with van der Waals surface area (Å²) >= 11 is 17.8. The highest BCUT2D eigenvalue weighted by molar-refractivity contribution is 7.72. The van der Waals surface area contributed by atoms with E-state index in [0.717, 1.165) is 0 Å². The number of phosphoric acid groups is 8. The quantitative estimate of drug-likeness (QED) is 0.0186. The van der Waals surface area contributed by atoms with Crippen molar-refractivity contribution in [1.82, 2.24) is 38.2 Å². The molecule has 0 bridgehead atoms. The number of nitrogens with one attached hydrogen (secondary N) is 4. The van der Waals surface area contributed by atoms with Crippen LogP contribution in [-0.2, 0) is 90.8 Å². The van der Waals surface area contributed by atoms with Gasteiger partial charge in [-0.1, -0.05) is 48.9 Å². The van der Waals surface area contributed by atoms with Gasteiger partial charge in [-0.25, -0.2) is 90.8 Å². The molecule has 4 aromatic rings. The van der Waals surface area contributed by atoms with Crippen LogP contribution < -0.4 is 22.8 Å². The SMILES string of the molecule is O=c1[nH]c(=S)c(F)cn1[C@@H]1O[C@](F)(COP(=O)(O)OP(=O)(O)O)[C@@H](O)[C@H]1O.[2H]C([2H])(OP(=O)(O)OP(=O)(O)O)[C@@]1(F)O[C@@H](n2cc(F)c(=S)[nH]c2=O)[C@H](O)[C@@H]1O.[2H]C([2H])(OP(=O)(O)OP(=O)(O)O)[C@@]1(F)O[C@@]([2H])(n2cc(F)c(=S)[nH]c2=O)[C@H](O)[C@@H]1O.[2H][C@@]1(n2cc(F)c(=S)[nH]c2=O)O[C@](F)(COP(=O)(O)OP(=O)(O)O)[C@@H](O)[C@H]1O. The van der Waals surface area contributed by atoms with Crippen LogP contribution in [0, 0.1) is 41.8 Å². The summed E-state index contributed by atoms with van der Waals surface area (Å²) in [5.41, 5.74) is -5.21. The highest BCUT2D eigenvalue weighted by atomic mass is 32.1. The summed E-state index contributed by atoms with van der Waals surface area (Å²) in [6.45, 7) is -12.0. The Kier molecular flexibility index (Phi) is 27.5. The van der Waals surface area contributed by atoms with Gasteiger partial charge in [-0.3, -0.25) is 56.3 Å². The Balaban J connectivity index is 0.000000272. The van der Waals surface area contributed by atoms with E-state index < -0.39 is 251 Å². The molecule has 616 valence electrons. The number of ether oxygens (including phenoxy) is 4. The van der Waals surface area contributed by atoms with Crippen LogP contribution >= 0.6 is 111 Å². The van der Waals surface area contributed by atoms with Crippen molar-refractivity contribution < 1.29 is 234 Å². The number of aromatic amines is 4. The zero-order valence-electron chi connectivity index (χ0n) is 56.3. The summed E-state index contributed by atoms with van der Waals surface area (Å²) in [5.74, 6) is -20.8. The number of nitrogens with zero attached hydrogens (tertiary/aromatic N) is 4. The second-order valence-corrected chi connectivity index (χ2v) is 32.8. The summed E-state index contributed by atoms with van der Waals surface area (Å²) in [4.78, 5) is 159. The summed E-state index contributed by atoms with van der Waals surface area (Å²) in [6, 6.07) is 0. The zero-order chi connectivity index (χ0) is 88.6. The third-order valence-electron chi connectivity index (χ3n) is 12.1. The number of hydrogen-bond acceptors (Lipinski definition) is 36. The van der Waals surface area contributed by atoms with Gasteiger partial charge in [0.25, 0.3) is 23.4 Å². The van der Waals surface area contributed by atoms with E-state index in [4.69, 9.17) is 57.2 Å². The van der Waals surface area contributed by atoms with Gasteiger partial charge in [0.05, 0.1) is 33.0 Å². The first kappa shape index (κ1) is 85.3. The maximum Gasteiger partial charge on any atom is 0.481 e. The fourth-order valence-electron chi connectivity index (χ4n) is 7.66. The number of H-pyrrole nitrogens is 4. The maximum absolute atomic E-state index is 15.2. The second kappa shape index (κ2) is 34.8. The van der Waals surface area contributed by atoms with Crippen LogP contribution in [0.4, 0.5) is 35.1 Å². The number of phosphoric ester groups is 4. The van der Waals surface area contributed by atoms with Crippen molar-refractivity contribution in [1.29, 1.82) is 0 Å². The van der Waals surface area contributed by atoms with Gasteiger partial charge in [0.15, 0.2) is 48.1 Å². The number of halogens is 8. The Labute approximate surface area is 613 Å². The van der Waals surface area contributed by atoms with Gasteiger partial charge in [-0.05, 0) is 0 Å². The van der Waals surface area contributed by atoms with Crippen LogP contribution in [0.3, 0.4) is 0 Å². The van der Waals surface area contributed by atoms with Gasteiger partial charge in [0.1, 0.15) is 93.7 Å². The first-order valence-corrected chi connectivity index (χ1v) is 39.7. The molecule has 24 N–H and O–H groups in total. The number of aromatic nitrogens is 8. The van der Waals surface area contributed by atoms with Crippen molar-refractivity contribution in [3.8, 4) is 0 Å². The molecule has 20 atom stereocenters. The van der Waals surface area contributed by atoms with E-state index in [1.54, 1.807) is 15.0 Å². The Bertz CT molecular complexity index is 5270. The predicted octanol–water partition coefficient (Wildman–Crippen LogP) is -3.25. The first-order valence-electron chi connectivity index (χ1n) is 28.9. The number of rotatable bonds is 24. The Hall–Kier alpha value is -3.60. The molecule has 0 spiro atoms. The molecule has 52 nitrogen and oxygen atoms in total. The largest absolute Gasteiger partial charge is 0.481 e. The minimum Gasteiger partial charge on any atom is -0.385 e. The lowest BCUT2D eigenvalue weighted by atomic mass is 10.1. The summed E-state index contributed by atoms with van der Waals surface area (Å²) in [6.07, 6.45) is -31.0. The average Bonchev–Trinajstić information content (AvgIpc) is 1.56. The first-order chi connectivity index (χ1) is 50.8. The fourth-order valence-corrected chi connectivity index (χ4v) is 14.3. The van der Waals surface area contributed by atoms with Gasteiger partial charge in [-0.15, -0.1) is 0 Å². The maximum atomic E-state index is 15.2. The number of aliphatic hydroxyl groups excluding tert-OH is 8. The molecule has 4 aromatic heterocycles. The Morgan fingerprint density at radius 3 is 0.898 bits per heavy atom. The summed E-state index contributed by atoms with van der Waals surface area (Å²) in [5, 5.41) is 79.1. The van der Waals surface area contributed by atoms with Crippen molar-refractivity contribution in [2.24, 2.45) is 0 Å². The molecular formula is C36H48F8N8O44P8S4. The summed E-state index contributed by atoms with van der Waals surface area (Å²) < 4.78 is 292. The normalized spacial score (nSPS) is 33.4. The highest BCUT2D eigenvalue weighted by Crippen LogP contribution is 2.62. The molecule has 108 heavy (non-hydrogen) atoms. The van der Waals surface area contributed by atoms with Crippen molar-refractivity contribution in [2.45, 2.75) is 97.1 Å². The fraction of sp³-hybridized carbons (Fsp3) is 0.556. The minimum atomic E-state index is -6.08. The zero-order valence-corrected chi connectivity index (χ0v) is 60.7. The molecule has 0 aliphatic carbocycles. The molecule has 4 unspecified atom stereocenters. The molecule has 8 heterocycles. The molecule has 0 radical (unpaired) electrons. The van der Waals surface area contributed by atoms with Crippen molar-refractivity contribution in [2.75, 3.05) is 26.3 Å². The van der Waals surface area contributed by atoms with Crippen molar-refractivity contribution >= 4 is 111 Å². The van der Waals surface area contributed by atoms with E-state index in [2.05, 4.69) is 103 Å². The Morgan fingerprint density at radius 2 is 0.602 bits per heavy atom. The van der Waals surface area contributed by atoms with E-state index in [-0.39, 0.29) is 26.1 Å². The second-order valence-electron chi connectivity index (χ2n) is 20.0. The molecule has 4 aliphatic rings. The van der Waals surface area contributed by atoms with E-state index in [1.165, 1.54) is 0 Å². The lowest BCUT2D eigenvalue weighted by molar-refractivity contribution is -0.205. The van der Waals surface area contributed by atoms with Crippen molar-refractivity contribution in [3.05, 3.63) is 109 Å². The lowest BCUT2D eigenvalue weighted by Crippen LogP contribution is -2.43. The van der Waals surface area contributed by atoms with Crippen LogP contribution in [0.1, 0.15) is 33.1 Å². The Morgan fingerprint density at radius 1 is 0.389 bits per heavy atom. The lowest BCUT2D eigenvalue weighted by Gasteiger charge is -2.23. The molecule has 4 saturated heterocycles. The molecule has 8 rings (SSSR count). The standard InChI is InChI=1S/4C9H12F2N2O11P2S/c4*10-3-1-13(8(16)12-6(3)27)7-4(14)5(15)9(11,23-7)2-22-26(20,21)24-25(17,18)19/h4*1,4-5,7,14-15H,2H2,(H,20,21)(H,12,16,27)(H2,17,18,19)/t4*4-,5+,7-,9-/m1111/s1/i2D2,7D;7D;2D2;. The topological polar surface area (TPSA) is 803 Å². The molecule has 0 saturated carbocycles. The van der Waals surface area contributed by atoms with Gasteiger partial charge in [-0.2, -0.15) is 17.2 Å². The third-order valence-corrected chi connectivity index (χ3v) is 21.5. The van der Waals surface area contributed by atoms with E-state index in [9.17, 15) is 133 Å². The van der Waals surface area contributed by atoms with Gasteiger partial charge in [0, 0.05) is 0 Å². The molecule has 4 aliphatic heterocycles. The van der Waals surface area contributed by atoms with Gasteiger partial charge in [0.2, 0.25) is 0 Å². The van der Waals surface area contributed by atoms with Crippen LogP contribution in [0.15, 0.2) is 44.0 Å². The molecule has 0 aromatic carbocycles. The van der Waals surface area contributed by atoms with E-state index in [0.29, 0.717) is 17.0 Å². The van der Waals surface area contributed by atoms with Gasteiger partial charge >= 0.3 is 85.3 Å². The van der Waals surface area contributed by atoms with E-state index in [1.807, 2.05) is 4.98 Å². The van der Waals surface area contributed by atoms with Crippen LogP contribution in [0.2, 0.25) is 0 Å². The number of alkyl halides is 4. The van der Waals surface area contributed by atoms with Crippen molar-refractivity contribution in [3.63, 3.8) is 0 Å². The predicted molar refractivity (Wildman–Crippen MR) is 323 cm³/mol. The minimum absolute atomic E-state index is 0.0119. The third kappa shape index (κ3) is 25.2. The monoisotopic (exact) mass is 1830 g/mol. The van der Waals surface area contributed by atoms with Crippen LogP contribution in [0.25, 0.3) is 0 Å². The van der Waals surface area contributed by atoms with Crippen LogP contribution in [0.5, 0.6) is 0 Å². The van der Waals surface area contributed by atoms with Crippen LogP contribution in [-0.4, -0.2) is 236 Å². The average molecular weight is 1830 g/mol. The summed E-state index contributed by atoms with van der Waals surface area (Å²) in [7, 11) is -45.6. The molecule has 4 fully saturated rings. The smallest absolute Gasteiger partial charge is 0.385 e. The van der Waals surface area contributed by atoms with Gasteiger partial charge < -0.3 is 119 Å². The molecule has 0 amide bonds. The highest BCUT2D eigenvalue weighted by Gasteiger charge is 2.62. The number of aliphatic hydroxyl groups is 8. The molecule has 72 heteroatoms. The van der Waals surface area contributed by atoms with E-state index >= 15 is 8.78 Å².